The average molecular weight is 347 g/mol. The maximum atomic E-state index is 12.4. The molecule has 3 rings (SSSR count). The van der Waals surface area contributed by atoms with Crippen LogP contribution in [0, 0.1) is 0 Å². The van der Waals surface area contributed by atoms with Crippen LogP contribution in [0.1, 0.15) is 50.1 Å². The minimum absolute atomic E-state index is 0.0236. The number of hydrogen-bond donors (Lipinski definition) is 0. The highest BCUT2D eigenvalue weighted by molar-refractivity contribution is 5.86. The lowest BCUT2D eigenvalue weighted by atomic mass is 10.0. The van der Waals surface area contributed by atoms with E-state index in [1.165, 1.54) is 20.0 Å². The summed E-state index contributed by atoms with van der Waals surface area (Å²) < 4.78 is 16.5. The largest absolute Gasteiger partial charge is 0.493 e. The van der Waals surface area contributed by atoms with Crippen LogP contribution in [0.15, 0.2) is 18.2 Å². The molecule has 1 aromatic carbocycles. The highest BCUT2D eigenvalue weighted by Crippen LogP contribution is 2.36. The fourth-order valence-corrected chi connectivity index (χ4v) is 3.64. The molecule has 136 valence electrons. The molecular formula is C19H25NO5. The Balaban J connectivity index is 1.92. The van der Waals surface area contributed by atoms with Gasteiger partial charge in [-0.2, -0.15) is 0 Å². The van der Waals surface area contributed by atoms with Crippen LogP contribution < -0.4 is 9.47 Å². The van der Waals surface area contributed by atoms with Gasteiger partial charge in [-0.15, -0.1) is 0 Å². The van der Waals surface area contributed by atoms with Crippen LogP contribution in [0.2, 0.25) is 0 Å². The Bertz CT molecular complexity index is 639. The maximum absolute atomic E-state index is 12.4. The SMILES string of the molecule is COC(=O)C(c1ccc(OC)c(OC2CCCC2)c1)N1CCCC1=O. The first-order chi connectivity index (χ1) is 12.1. The van der Waals surface area contributed by atoms with Gasteiger partial charge in [0.05, 0.1) is 20.3 Å². The van der Waals surface area contributed by atoms with Gasteiger partial charge in [-0.1, -0.05) is 6.07 Å². The van der Waals surface area contributed by atoms with E-state index in [1.54, 1.807) is 24.1 Å². The maximum Gasteiger partial charge on any atom is 0.333 e. The number of hydrogen-bond acceptors (Lipinski definition) is 5. The Kier molecular flexibility index (Phi) is 5.46. The number of nitrogens with zero attached hydrogens (tertiary/aromatic N) is 1. The molecule has 1 unspecified atom stereocenters. The molecule has 1 atom stereocenters. The molecule has 0 aromatic heterocycles. The van der Waals surface area contributed by atoms with Crippen molar-refractivity contribution in [1.29, 1.82) is 0 Å². The number of carbonyl (C=O) groups is 2. The van der Waals surface area contributed by atoms with E-state index in [1.807, 2.05) is 6.07 Å². The van der Waals surface area contributed by atoms with Crippen molar-refractivity contribution in [2.24, 2.45) is 0 Å². The summed E-state index contributed by atoms with van der Waals surface area (Å²) in [7, 11) is 2.94. The zero-order chi connectivity index (χ0) is 17.8. The third-order valence-electron chi connectivity index (χ3n) is 4.95. The molecule has 0 radical (unpaired) electrons. The molecule has 1 heterocycles. The van der Waals surface area contributed by atoms with Crippen LogP contribution in [0.3, 0.4) is 0 Å². The molecule has 25 heavy (non-hydrogen) atoms. The van der Waals surface area contributed by atoms with Gasteiger partial charge in [-0.05, 0) is 49.8 Å². The van der Waals surface area contributed by atoms with Crippen LogP contribution in [-0.4, -0.2) is 43.6 Å². The highest BCUT2D eigenvalue weighted by Gasteiger charge is 2.35. The summed E-state index contributed by atoms with van der Waals surface area (Å²) in [6.45, 7) is 0.559. The average Bonchev–Trinajstić information content (AvgIpc) is 3.27. The van der Waals surface area contributed by atoms with E-state index in [0.29, 0.717) is 30.0 Å². The molecule has 1 aromatic rings. The Morgan fingerprint density at radius 1 is 1.16 bits per heavy atom. The first-order valence-corrected chi connectivity index (χ1v) is 8.86. The van der Waals surface area contributed by atoms with Gasteiger partial charge in [-0.25, -0.2) is 4.79 Å². The molecule has 2 aliphatic rings. The lowest BCUT2D eigenvalue weighted by Gasteiger charge is -2.27. The van der Waals surface area contributed by atoms with Crippen LogP contribution >= 0.6 is 0 Å². The Hall–Kier alpha value is -2.24. The van der Waals surface area contributed by atoms with Gasteiger partial charge in [0.25, 0.3) is 0 Å². The third-order valence-corrected chi connectivity index (χ3v) is 4.95. The Morgan fingerprint density at radius 3 is 2.52 bits per heavy atom. The predicted molar refractivity (Wildman–Crippen MR) is 91.6 cm³/mol. The van der Waals surface area contributed by atoms with E-state index in [2.05, 4.69) is 0 Å². The van der Waals surface area contributed by atoms with E-state index in [-0.39, 0.29) is 12.0 Å². The molecule has 1 saturated carbocycles. The summed E-state index contributed by atoms with van der Waals surface area (Å²) in [5, 5.41) is 0. The van der Waals surface area contributed by atoms with Crippen molar-refractivity contribution in [2.45, 2.75) is 50.7 Å². The standard InChI is InChI=1S/C19H25NO5/c1-23-15-10-9-13(12-16(15)25-14-6-3-4-7-14)18(19(22)24-2)20-11-5-8-17(20)21/h9-10,12,14,18H,3-8,11H2,1-2H3. The van der Waals surface area contributed by atoms with E-state index in [9.17, 15) is 9.59 Å². The molecule has 1 saturated heterocycles. The second-order valence-corrected chi connectivity index (χ2v) is 6.55. The Morgan fingerprint density at radius 2 is 1.92 bits per heavy atom. The molecule has 0 spiro atoms. The quantitative estimate of drug-likeness (QED) is 0.741. The van der Waals surface area contributed by atoms with Gasteiger partial charge in [0, 0.05) is 13.0 Å². The van der Waals surface area contributed by atoms with Gasteiger partial charge in [-0.3, -0.25) is 4.79 Å². The van der Waals surface area contributed by atoms with Gasteiger partial charge >= 0.3 is 5.97 Å². The number of likely N-dealkylation sites (tertiary alicyclic amines) is 1. The van der Waals surface area contributed by atoms with E-state index < -0.39 is 12.0 Å². The first kappa shape index (κ1) is 17.6. The van der Waals surface area contributed by atoms with Crippen LogP contribution in [0.5, 0.6) is 11.5 Å². The van der Waals surface area contributed by atoms with Crippen molar-refractivity contribution in [3.8, 4) is 11.5 Å². The number of ether oxygens (including phenoxy) is 3. The molecule has 0 bridgehead atoms. The van der Waals surface area contributed by atoms with Crippen molar-refractivity contribution in [3.05, 3.63) is 23.8 Å². The summed E-state index contributed by atoms with van der Waals surface area (Å²) in [4.78, 5) is 26.1. The number of amides is 1. The molecule has 6 nitrogen and oxygen atoms in total. The van der Waals surface area contributed by atoms with Crippen molar-refractivity contribution in [1.82, 2.24) is 4.90 Å². The number of rotatable bonds is 6. The fraction of sp³-hybridized carbons (Fsp3) is 0.579. The monoisotopic (exact) mass is 347 g/mol. The van der Waals surface area contributed by atoms with Crippen molar-refractivity contribution in [3.63, 3.8) is 0 Å². The molecule has 2 fully saturated rings. The molecular weight excluding hydrogens is 322 g/mol. The van der Waals surface area contributed by atoms with E-state index in [0.717, 1.165) is 19.3 Å². The normalized spacial score (nSPS) is 19.1. The second kappa shape index (κ2) is 7.76. The Labute approximate surface area is 148 Å². The third kappa shape index (κ3) is 3.72. The van der Waals surface area contributed by atoms with Gasteiger partial charge in [0.1, 0.15) is 0 Å². The smallest absolute Gasteiger partial charge is 0.333 e. The highest BCUT2D eigenvalue weighted by atomic mass is 16.5. The van der Waals surface area contributed by atoms with Gasteiger partial charge in [0.2, 0.25) is 5.91 Å². The number of methoxy groups -OCH3 is 2. The van der Waals surface area contributed by atoms with E-state index in [4.69, 9.17) is 14.2 Å². The van der Waals surface area contributed by atoms with E-state index >= 15 is 0 Å². The minimum atomic E-state index is -0.739. The second-order valence-electron chi connectivity index (χ2n) is 6.55. The van der Waals surface area contributed by atoms with Gasteiger partial charge < -0.3 is 19.1 Å². The topological polar surface area (TPSA) is 65.1 Å². The number of carbonyl (C=O) groups excluding carboxylic acids is 2. The number of esters is 1. The van der Waals surface area contributed by atoms with Crippen LogP contribution in [0.25, 0.3) is 0 Å². The summed E-state index contributed by atoms with van der Waals surface area (Å²) in [5.74, 6) is 0.788. The lowest BCUT2D eigenvalue weighted by molar-refractivity contribution is -0.151. The van der Waals surface area contributed by atoms with Crippen LogP contribution in [0.4, 0.5) is 0 Å². The molecule has 6 heteroatoms. The zero-order valence-corrected chi connectivity index (χ0v) is 14.8. The van der Waals surface area contributed by atoms with Gasteiger partial charge in [0.15, 0.2) is 17.5 Å². The zero-order valence-electron chi connectivity index (χ0n) is 14.8. The summed E-state index contributed by atoms with van der Waals surface area (Å²) in [6.07, 6.45) is 5.79. The van der Waals surface area contributed by atoms with Crippen molar-refractivity contribution < 1.29 is 23.8 Å². The molecule has 1 aliphatic carbocycles. The first-order valence-electron chi connectivity index (χ1n) is 8.86. The van der Waals surface area contributed by atoms with Crippen molar-refractivity contribution >= 4 is 11.9 Å². The molecule has 1 aliphatic heterocycles. The van der Waals surface area contributed by atoms with Crippen LogP contribution in [-0.2, 0) is 14.3 Å². The summed E-state index contributed by atoms with van der Waals surface area (Å²) >= 11 is 0. The fourth-order valence-electron chi connectivity index (χ4n) is 3.64. The predicted octanol–water partition coefficient (Wildman–Crippen LogP) is 2.85. The lowest BCUT2D eigenvalue weighted by Crippen LogP contribution is -2.35. The summed E-state index contributed by atoms with van der Waals surface area (Å²) in [6, 6.07) is 4.66. The number of benzene rings is 1. The minimum Gasteiger partial charge on any atom is -0.493 e. The molecule has 1 amide bonds. The molecule has 0 N–H and O–H groups in total. The van der Waals surface area contributed by atoms with Crippen molar-refractivity contribution in [2.75, 3.05) is 20.8 Å². The summed E-state index contributed by atoms with van der Waals surface area (Å²) in [5.41, 5.74) is 0.691.